The molecule has 0 radical (unpaired) electrons. The Morgan fingerprint density at radius 1 is 1.10 bits per heavy atom. The maximum atomic E-state index is 13.7. The van der Waals surface area contributed by atoms with Crippen molar-refractivity contribution in [3.8, 4) is 0 Å². The average Bonchev–Trinajstić information content (AvgIpc) is 2.37. The molecule has 2 rings (SSSR count). The molecule has 7 heteroatoms. The fourth-order valence-electron chi connectivity index (χ4n) is 2.38. The van der Waals surface area contributed by atoms with Crippen molar-refractivity contribution in [2.24, 2.45) is 0 Å². The van der Waals surface area contributed by atoms with Gasteiger partial charge in [0, 0.05) is 42.8 Å². The molecule has 0 atom stereocenters. The maximum Gasteiger partial charge on any atom is 0.401 e. The van der Waals surface area contributed by atoms with Gasteiger partial charge in [-0.15, -0.1) is 0 Å². The zero-order valence-electron chi connectivity index (χ0n) is 10.8. The molecular weight excluding hydrogens is 340 g/mol. The number of rotatable bonds is 3. The van der Waals surface area contributed by atoms with Crippen molar-refractivity contribution >= 4 is 21.6 Å². The fourth-order valence-corrected chi connectivity index (χ4v) is 2.93. The molecular formula is C13H15BrF4N2. The first-order valence-electron chi connectivity index (χ1n) is 6.28. The number of hydrogen-bond acceptors (Lipinski definition) is 2. The monoisotopic (exact) mass is 354 g/mol. The summed E-state index contributed by atoms with van der Waals surface area (Å²) >= 11 is 3.25. The first-order valence-corrected chi connectivity index (χ1v) is 7.40. The number of anilines is 1. The van der Waals surface area contributed by atoms with Gasteiger partial charge in [0.2, 0.25) is 0 Å². The number of halogens is 5. The summed E-state index contributed by atoms with van der Waals surface area (Å²) in [6, 6.07) is 4.82. The molecule has 1 heterocycles. The minimum atomic E-state index is -4.16. The largest absolute Gasteiger partial charge is 0.401 e. The van der Waals surface area contributed by atoms with Gasteiger partial charge >= 0.3 is 6.18 Å². The Kier molecular flexibility index (Phi) is 4.90. The van der Waals surface area contributed by atoms with E-state index in [2.05, 4.69) is 15.9 Å². The topological polar surface area (TPSA) is 6.48 Å². The lowest BCUT2D eigenvalue weighted by Crippen LogP contribution is -2.49. The van der Waals surface area contributed by atoms with E-state index in [1.54, 1.807) is 12.1 Å². The Morgan fingerprint density at radius 3 is 2.30 bits per heavy atom. The molecule has 0 saturated carbocycles. The quantitative estimate of drug-likeness (QED) is 0.606. The molecule has 1 aromatic carbocycles. The van der Waals surface area contributed by atoms with Gasteiger partial charge in [0.15, 0.2) is 0 Å². The molecule has 2 nitrogen and oxygen atoms in total. The number of nitrogens with zero attached hydrogens (tertiary/aromatic N) is 2. The summed E-state index contributed by atoms with van der Waals surface area (Å²) in [5.74, 6) is -0.294. The third-order valence-electron chi connectivity index (χ3n) is 3.34. The Morgan fingerprint density at radius 2 is 1.75 bits per heavy atom. The minimum Gasteiger partial charge on any atom is -0.369 e. The van der Waals surface area contributed by atoms with Crippen molar-refractivity contribution in [1.82, 2.24) is 4.90 Å². The zero-order chi connectivity index (χ0) is 14.8. The number of piperazine rings is 1. The van der Waals surface area contributed by atoms with E-state index in [9.17, 15) is 17.6 Å². The van der Waals surface area contributed by atoms with Crippen molar-refractivity contribution < 1.29 is 17.6 Å². The highest BCUT2D eigenvalue weighted by molar-refractivity contribution is 9.08. The van der Waals surface area contributed by atoms with Crippen LogP contribution in [0, 0.1) is 5.82 Å². The summed E-state index contributed by atoms with van der Waals surface area (Å²) in [6.45, 7) is 0.726. The predicted molar refractivity (Wildman–Crippen MR) is 73.7 cm³/mol. The van der Waals surface area contributed by atoms with Crippen molar-refractivity contribution in [2.75, 3.05) is 37.6 Å². The van der Waals surface area contributed by atoms with Crippen LogP contribution in [0.15, 0.2) is 18.2 Å². The third-order valence-corrected chi connectivity index (χ3v) is 3.90. The van der Waals surface area contributed by atoms with Crippen molar-refractivity contribution in [3.63, 3.8) is 0 Å². The van der Waals surface area contributed by atoms with Gasteiger partial charge in [-0.1, -0.05) is 22.0 Å². The Balaban J connectivity index is 2.02. The first kappa shape index (κ1) is 15.6. The lowest BCUT2D eigenvalue weighted by Gasteiger charge is -2.37. The smallest absolute Gasteiger partial charge is 0.369 e. The summed E-state index contributed by atoms with van der Waals surface area (Å²) < 4.78 is 50.7. The van der Waals surface area contributed by atoms with Crippen LogP contribution in [0.1, 0.15) is 5.56 Å². The molecule has 0 N–H and O–H groups in total. The van der Waals surface area contributed by atoms with Crippen LogP contribution in [0.5, 0.6) is 0 Å². The van der Waals surface area contributed by atoms with E-state index >= 15 is 0 Å². The first-order chi connectivity index (χ1) is 9.40. The van der Waals surface area contributed by atoms with E-state index in [1.165, 1.54) is 11.0 Å². The summed E-state index contributed by atoms with van der Waals surface area (Å²) in [7, 11) is 0. The second kappa shape index (κ2) is 6.30. The Bertz CT molecular complexity index is 456. The normalized spacial score (nSPS) is 17.6. The standard InChI is InChI=1S/C13H15BrF4N2/c14-8-10-11(15)2-1-3-12(10)20-6-4-19(5-7-20)9-13(16,17)18/h1-3H,4-9H2. The summed E-state index contributed by atoms with van der Waals surface area (Å²) in [6.07, 6.45) is -4.16. The Labute approximate surface area is 123 Å². The second-order valence-corrected chi connectivity index (χ2v) is 5.31. The molecule has 0 spiro atoms. The van der Waals surface area contributed by atoms with Crippen LogP contribution in [-0.2, 0) is 5.33 Å². The SMILES string of the molecule is Fc1cccc(N2CCN(CC(F)(F)F)CC2)c1CBr. The van der Waals surface area contributed by atoms with Crippen molar-refractivity contribution in [1.29, 1.82) is 0 Å². The predicted octanol–water partition coefficient (Wildman–Crippen LogP) is 3.40. The molecule has 1 aliphatic heterocycles. The highest BCUT2D eigenvalue weighted by atomic mass is 79.9. The molecule has 0 aromatic heterocycles. The van der Waals surface area contributed by atoms with Gasteiger partial charge in [-0.2, -0.15) is 13.2 Å². The molecule has 0 aliphatic carbocycles. The van der Waals surface area contributed by atoms with Crippen molar-refractivity contribution in [2.45, 2.75) is 11.5 Å². The number of benzene rings is 1. The van der Waals surface area contributed by atoms with E-state index in [4.69, 9.17) is 0 Å². The van der Waals surface area contributed by atoms with Gasteiger partial charge < -0.3 is 4.90 Å². The van der Waals surface area contributed by atoms with Crippen LogP contribution in [0.3, 0.4) is 0 Å². The van der Waals surface area contributed by atoms with E-state index in [0.717, 1.165) is 5.69 Å². The molecule has 1 aromatic rings. The maximum absolute atomic E-state index is 13.7. The highest BCUT2D eigenvalue weighted by Gasteiger charge is 2.32. The highest BCUT2D eigenvalue weighted by Crippen LogP contribution is 2.27. The van der Waals surface area contributed by atoms with Gasteiger partial charge in [0.25, 0.3) is 0 Å². The van der Waals surface area contributed by atoms with E-state index in [-0.39, 0.29) is 5.82 Å². The summed E-state index contributed by atoms with van der Waals surface area (Å²) in [5, 5.41) is 0.387. The lowest BCUT2D eigenvalue weighted by atomic mass is 10.1. The molecule has 0 bridgehead atoms. The zero-order valence-corrected chi connectivity index (χ0v) is 12.3. The third kappa shape index (κ3) is 3.85. The lowest BCUT2D eigenvalue weighted by molar-refractivity contribution is -0.146. The Hall–Kier alpha value is -0.820. The van der Waals surface area contributed by atoms with Crippen LogP contribution < -0.4 is 4.90 Å². The van der Waals surface area contributed by atoms with Gasteiger partial charge in [0.1, 0.15) is 5.82 Å². The molecule has 1 saturated heterocycles. The molecule has 112 valence electrons. The van der Waals surface area contributed by atoms with Gasteiger partial charge in [0.05, 0.1) is 6.54 Å². The molecule has 1 fully saturated rings. The van der Waals surface area contributed by atoms with Gasteiger partial charge in [-0.3, -0.25) is 4.90 Å². The number of hydrogen-bond donors (Lipinski definition) is 0. The second-order valence-electron chi connectivity index (χ2n) is 4.75. The minimum absolute atomic E-state index is 0.294. The fraction of sp³-hybridized carbons (Fsp3) is 0.538. The van der Waals surface area contributed by atoms with E-state index in [0.29, 0.717) is 37.1 Å². The van der Waals surface area contributed by atoms with E-state index in [1.807, 2.05) is 4.90 Å². The van der Waals surface area contributed by atoms with Gasteiger partial charge in [-0.25, -0.2) is 4.39 Å². The molecule has 0 unspecified atom stereocenters. The molecule has 0 amide bonds. The van der Waals surface area contributed by atoms with Crippen molar-refractivity contribution in [3.05, 3.63) is 29.6 Å². The van der Waals surface area contributed by atoms with Crippen LogP contribution in [-0.4, -0.2) is 43.8 Å². The number of alkyl halides is 4. The molecule has 20 heavy (non-hydrogen) atoms. The van der Waals surface area contributed by atoms with Crippen LogP contribution in [0.25, 0.3) is 0 Å². The average molecular weight is 355 g/mol. The summed E-state index contributed by atoms with van der Waals surface area (Å²) in [5.41, 5.74) is 1.31. The van der Waals surface area contributed by atoms with E-state index < -0.39 is 12.7 Å². The molecule has 1 aliphatic rings. The summed E-state index contributed by atoms with van der Waals surface area (Å²) in [4.78, 5) is 3.32. The van der Waals surface area contributed by atoms with Crippen LogP contribution >= 0.6 is 15.9 Å². The van der Waals surface area contributed by atoms with Crippen LogP contribution in [0.4, 0.5) is 23.2 Å². The van der Waals surface area contributed by atoms with Crippen LogP contribution in [0.2, 0.25) is 0 Å². The van der Waals surface area contributed by atoms with Gasteiger partial charge in [-0.05, 0) is 12.1 Å².